The summed E-state index contributed by atoms with van der Waals surface area (Å²) < 4.78 is 5.45. The van der Waals surface area contributed by atoms with Crippen molar-refractivity contribution < 1.29 is 4.42 Å². The molecule has 1 atom stereocenters. The van der Waals surface area contributed by atoms with Crippen molar-refractivity contribution in [1.29, 1.82) is 0 Å². The summed E-state index contributed by atoms with van der Waals surface area (Å²) in [5.41, 5.74) is 2.25. The molecule has 0 saturated carbocycles. The van der Waals surface area contributed by atoms with Crippen LogP contribution in [0.25, 0.3) is 0 Å². The zero-order chi connectivity index (χ0) is 11.5. The molecule has 5 nitrogen and oxygen atoms in total. The number of aromatic nitrogens is 3. The summed E-state index contributed by atoms with van der Waals surface area (Å²) in [4.78, 5) is 4.19. The van der Waals surface area contributed by atoms with Gasteiger partial charge in [-0.2, -0.15) is 5.10 Å². The molecule has 0 aromatic carbocycles. The predicted octanol–water partition coefficient (Wildman–Crippen LogP) is 1.87. The number of hydrogen-bond donors (Lipinski definition) is 2. The van der Waals surface area contributed by atoms with Crippen molar-refractivity contribution >= 4 is 0 Å². The lowest BCUT2D eigenvalue weighted by atomic mass is 10.2. The highest BCUT2D eigenvalue weighted by Gasteiger charge is 2.11. The third-order valence-corrected chi connectivity index (χ3v) is 2.54. The summed E-state index contributed by atoms with van der Waals surface area (Å²) in [5.74, 6) is 1.56. The molecule has 2 aromatic heterocycles. The van der Waals surface area contributed by atoms with Gasteiger partial charge < -0.3 is 9.73 Å². The molecule has 0 spiro atoms. The van der Waals surface area contributed by atoms with Gasteiger partial charge in [-0.25, -0.2) is 4.98 Å². The minimum absolute atomic E-state index is 0.1000. The minimum Gasteiger partial charge on any atom is -0.444 e. The number of hydrogen-bond acceptors (Lipinski definition) is 4. The fourth-order valence-electron chi connectivity index (χ4n) is 1.48. The van der Waals surface area contributed by atoms with Crippen LogP contribution in [0.1, 0.15) is 35.9 Å². The van der Waals surface area contributed by atoms with Gasteiger partial charge in [0.15, 0.2) is 0 Å². The van der Waals surface area contributed by atoms with Gasteiger partial charge in [0.1, 0.15) is 5.76 Å². The molecule has 0 saturated heterocycles. The van der Waals surface area contributed by atoms with Crippen LogP contribution in [0.4, 0.5) is 0 Å². The van der Waals surface area contributed by atoms with Crippen LogP contribution in [0.15, 0.2) is 16.8 Å². The molecular formula is C11H16N4O. The summed E-state index contributed by atoms with van der Waals surface area (Å²) in [7, 11) is 0. The zero-order valence-corrected chi connectivity index (χ0v) is 9.74. The number of rotatable bonds is 4. The van der Waals surface area contributed by atoms with Crippen molar-refractivity contribution in [3.8, 4) is 0 Å². The molecule has 2 N–H and O–H groups in total. The number of aryl methyl sites for hydroxylation is 2. The molecule has 2 heterocycles. The fraction of sp³-hybridized carbons (Fsp3) is 0.455. The molecule has 0 amide bonds. The van der Waals surface area contributed by atoms with E-state index in [9.17, 15) is 0 Å². The Morgan fingerprint density at radius 2 is 2.25 bits per heavy atom. The summed E-state index contributed by atoms with van der Waals surface area (Å²) in [6.07, 6.45) is 3.56. The van der Waals surface area contributed by atoms with Gasteiger partial charge in [-0.1, -0.05) is 0 Å². The summed E-state index contributed by atoms with van der Waals surface area (Å²) in [5, 5.41) is 10.2. The first-order valence-corrected chi connectivity index (χ1v) is 5.31. The van der Waals surface area contributed by atoms with E-state index in [-0.39, 0.29) is 6.04 Å². The van der Waals surface area contributed by atoms with Gasteiger partial charge in [0, 0.05) is 17.8 Å². The van der Waals surface area contributed by atoms with Crippen LogP contribution in [0.2, 0.25) is 0 Å². The summed E-state index contributed by atoms with van der Waals surface area (Å²) >= 11 is 0. The summed E-state index contributed by atoms with van der Waals surface area (Å²) in [6.45, 7) is 6.68. The van der Waals surface area contributed by atoms with E-state index < -0.39 is 0 Å². The lowest BCUT2D eigenvalue weighted by Gasteiger charge is -2.09. The van der Waals surface area contributed by atoms with Crippen molar-refractivity contribution in [2.75, 3.05) is 0 Å². The summed E-state index contributed by atoms with van der Waals surface area (Å²) in [6, 6.07) is 0.1000. The molecule has 0 fully saturated rings. The largest absolute Gasteiger partial charge is 0.444 e. The van der Waals surface area contributed by atoms with E-state index in [0.29, 0.717) is 0 Å². The lowest BCUT2D eigenvalue weighted by molar-refractivity contribution is 0.402. The van der Waals surface area contributed by atoms with Crippen molar-refractivity contribution in [2.45, 2.75) is 33.4 Å². The normalized spacial score (nSPS) is 12.9. The Morgan fingerprint density at radius 1 is 1.44 bits per heavy atom. The number of H-pyrrole nitrogens is 1. The molecule has 1 unspecified atom stereocenters. The van der Waals surface area contributed by atoms with E-state index in [0.717, 1.165) is 29.5 Å². The van der Waals surface area contributed by atoms with Crippen LogP contribution in [0.5, 0.6) is 0 Å². The van der Waals surface area contributed by atoms with Crippen LogP contribution in [0.3, 0.4) is 0 Å². The van der Waals surface area contributed by atoms with Gasteiger partial charge >= 0.3 is 0 Å². The van der Waals surface area contributed by atoms with Crippen molar-refractivity contribution in [2.24, 2.45) is 0 Å². The number of aromatic amines is 1. The molecule has 16 heavy (non-hydrogen) atoms. The Morgan fingerprint density at radius 3 is 2.81 bits per heavy atom. The third-order valence-electron chi connectivity index (χ3n) is 2.54. The van der Waals surface area contributed by atoms with E-state index >= 15 is 0 Å². The molecule has 0 aliphatic heterocycles. The maximum atomic E-state index is 5.45. The first kappa shape index (κ1) is 10.9. The maximum Gasteiger partial charge on any atom is 0.211 e. The second kappa shape index (κ2) is 4.49. The Bertz CT molecular complexity index is 460. The van der Waals surface area contributed by atoms with Gasteiger partial charge in [0.25, 0.3) is 0 Å². The highest BCUT2D eigenvalue weighted by Crippen LogP contribution is 2.13. The molecule has 0 bridgehead atoms. The van der Waals surface area contributed by atoms with E-state index in [1.54, 1.807) is 6.20 Å². The first-order valence-electron chi connectivity index (χ1n) is 5.31. The highest BCUT2D eigenvalue weighted by atomic mass is 16.4. The van der Waals surface area contributed by atoms with Crippen LogP contribution >= 0.6 is 0 Å². The molecule has 2 aromatic rings. The molecule has 0 aliphatic rings. The number of nitrogens with one attached hydrogen (secondary N) is 2. The van der Waals surface area contributed by atoms with E-state index in [1.165, 1.54) is 0 Å². The zero-order valence-electron chi connectivity index (χ0n) is 9.74. The molecule has 2 rings (SSSR count). The van der Waals surface area contributed by atoms with Gasteiger partial charge in [0.05, 0.1) is 18.4 Å². The average Bonchev–Trinajstić information content (AvgIpc) is 2.84. The lowest BCUT2D eigenvalue weighted by Crippen LogP contribution is -2.18. The quantitative estimate of drug-likeness (QED) is 0.825. The Balaban J connectivity index is 1.93. The van der Waals surface area contributed by atoms with Crippen LogP contribution < -0.4 is 5.32 Å². The monoisotopic (exact) mass is 220 g/mol. The second-order valence-corrected chi connectivity index (χ2v) is 3.93. The average molecular weight is 220 g/mol. The smallest absolute Gasteiger partial charge is 0.211 e. The third kappa shape index (κ3) is 2.30. The van der Waals surface area contributed by atoms with Gasteiger partial charge in [-0.15, -0.1) is 0 Å². The van der Waals surface area contributed by atoms with E-state index in [4.69, 9.17) is 4.42 Å². The molecule has 5 heteroatoms. The maximum absolute atomic E-state index is 5.45. The van der Waals surface area contributed by atoms with Crippen molar-refractivity contribution in [3.05, 3.63) is 35.3 Å². The Kier molecular flexibility index (Phi) is 3.05. The Labute approximate surface area is 94.3 Å². The Hall–Kier alpha value is -1.62. The van der Waals surface area contributed by atoms with Crippen molar-refractivity contribution in [3.63, 3.8) is 0 Å². The van der Waals surface area contributed by atoms with Crippen LogP contribution in [-0.2, 0) is 6.54 Å². The van der Waals surface area contributed by atoms with Crippen LogP contribution in [0, 0.1) is 13.8 Å². The molecular weight excluding hydrogens is 204 g/mol. The standard InChI is InChI=1S/C11H16N4O/c1-7-4-13-11(16-7)9(3)12-5-10-6-14-15-8(10)2/h4,6,9,12H,5H2,1-3H3,(H,14,15). The topological polar surface area (TPSA) is 66.7 Å². The first-order chi connectivity index (χ1) is 7.66. The molecule has 86 valence electrons. The van der Waals surface area contributed by atoms with Gasteiger partial charge in [0.2, 0.25) is 5.89 Å². The highest BCUT2D eigenvalue weighted by molar-refractivity contribution is 5.14. The second-order valence-electron chi connectivity index (χ2n) is 3.93. The number of nitrogens with zero attached hydrogens (tertiary/aromatic N) is 2. The van der Waals surface area contributed by atoms with Crippen LogP contribution in [-0.4, -0.2) is 15.2 Å². The van der Waals surface area contributed by atoms with Gasteiger partial charge in [-0.3, -0.25) is 5.10 Å². The van der Waals surface area contributed by atoms with E-state index in [2.05, 4.69) is 20.5 Å². The molecule has 0 radical (unpaired) electrons. The van der Waals surface area contributed by atoms with Crippen molar-refractivity contribution in [1.82, 2.24) is 20.5 Å². The molecule has 0 aliphatic carbocycles. The van der Waals surface area contributed by atoms with Gasteiger partial charge in [-0.05, 0) is 20.8 Å². The van der Waals surface area contributed by atoms with E-state index in [1.807, 2.05) is 27.0 Å². The SMILES string of the molecule is Cc1cnc(C(C)NCc2cn[nH]c2C)o1. The minimum atomic E-state index is 0.1000. The predicted molar refractivity (Wildman–Crippen MR) is 59.8 cm³/mol. The fourth-order valence-corrected chi connectivity index (χ4v) is 1.48. The number of oxazole rings is 1.